The maximum absolute atomic E-state index is 12.1. The molecular weight excluding hydrogens is 212 g/mol. The van der Waals surface area contributed by atoms with Gasteiger partial charge in [-0.15, -0.1) is 0 Å². The molecule has 0 heterocycles. The van der Waals surface area contributed by atoms with Crippen molar-refractivity contribution in [1.29, 1.82) is 0 Å². The number of benzene rings is 1. The van der Waals surface area contributed by atoms with Crippen LogP contribution in [0.25, 0.3) is 5.70 Å². The van der Waals surface area contributed by atoms with Gasteiger partial charge in [-0.3, -0.25) is 4.79 Å². The van der Waals surface area contributed by atoms with Crippen LogP contribution in [-0.4, -0.2) is 19.4 Å². The van der Waals surface area contributed by atoms with Gasteiger partial charge in [0.25, 0.3) is 0 Å². The fourth-order valence-electron chi connectivity index (χ4n) is 1.75. The molecule has 0 radical (unpaired) electrons. The van der Waals surface area contributed by atoms with E-state index in [4.69, 9.17) is 5.73 Å². The molecule has 1 aromatic carbocycles. The number of ketones is 1. The third-order valence-corrected chi connectivity index (χ3v) is 2.64. The van der Waals surface area contributed by atoms with Crippen LogP contribution in [0.15, 0.2) is 35.9 Å². The summed E-state index contributed by atoms with van der Waals surface area (Å²) >= 11 is 0. The highest BCUT2D eigenvalue weighted by atomic mass is 16.1. The van der Waals surface area contributed by atoms with E-state index < -0.39 is 0 Å². The molecule has 0 fully saturated rings. The molecule has 17 heavy (non-hydrogen) atoms. The maximum atomic E-state index is 12.1. The number of carbonyl (C=O) groups is 1. The monoisotopic (exact) mass is 232 g/mol. The molecule has 0 aliphatic heterocycles. The quantitative estimate of drug-likeness (QED) is 0.761. The Morgan fingerprint density at radius 1 is 1.29 bits per heavy atom. The second-order valence-corrected chi connectivity index (χ2v) is 4.19. The highest BCUT2D eigenvalue weighted by Crippen LogP contribution is 2.18. The van der Waals surface area contributed by atoms with Crippen LogP contribution in [0.2, 0.25) is 0 Å². The number of nitrogens with one attached hydrogen (secondary N) is 1. The summed E-state index contributed by atoms with van der Waals surface area (Å²) in [5, 5.41) is 3.08. The SMILES string of the molecule is CN/C(=C(\CN)C(=O)C(C)C)c1ccccc1. The zero-order valence-electron chi connectivity index (χ0n) is 10.7. The first kappa shape index (κ1) is 13.5. The highest BCUT2D eigenvalue weighted by molar-refractivity contribution is 6.03. The van der Waals surface area contributed by atoms with E-state index in [1.54, 1.807) is 0 Å². The Balaban J connectivity index is 3.25. The Bertz CT molecular complexity index is 407. The molecule has 0 unspecified atom stereocenters. The van der Waals surface area contributed by atoms with Gasteiger partial charge in [0.1, 0.15) is 0 Å². The van der Waals surface area contributed by atoms with E-state index in [0.717, 1.165) is 11.3 Å². The van der Waals surface area contributed by atoms with Crippen molar-refractivity contribution in [1.82, 2.24) is 5.32 Å². The van der Waals surface area contributed by atoms with Gasteiger partial charge in [0, 0.05) is 30.8 Å². The average molecular weight is 232 g/mol. The number of Topliss-reactive ketones (excluding diaryl/α,β-unsaturated/α-hetero) is 1. The molecule has 0 atom stereocenters. The largest absolute Gasteiger partial charge is 0.387 e. The predicted octanol–water partition coefficient (Wildman–Crippen LogP) is 1.80. The van der Waals surface area contributed by atoms with Crippen molar-refractivity contribution in [2.45, 2.75) is 13.8 Å². The summed E-state index contributed by atoms with van der Waals surface area (Å²) in [7, 11) is 1.81. The van der Waals surface area contributed by atoms with Gasteiger partial charge >= 0.3 is 0 Å². The molecule has 3 heteroatoms. The summed E-state index contributed by atoms with van der Waals surface area (Å²) < 4.78 is 0. The number of nitrogens with two attached hydrogens (primary N) is 1. The van der Waals surface area contributed by atoms with E-state index in [0.29, 0.717) is 5.57 Å². The van der Waals surface area contributed by atoms with Gasteiger partial charge in [-0.25, -0.2) is 0 Å². The van der Waals surface area contributed by atoms with Crippen molar-refractivity contribution in [3.63, 3.8) is 0 Å². The van der Waals surface area contributed by atoms with Crippen LogP contribution in [0.4, 0.5) is 0 Å². The van der Waals surface area contributed by atoms with Crippen LogP contribution in [0.3, 0.4) is 0 Å². The van der Waals surface area contributed by atoms with Gasteiger partial charge in [0.15, 0.2) is 5.78 Å². The minimum absolute atomic E-state index is 0.0411. The Labute approximate surface area is 103 Å². The van der Waals surface area contributed by atoms with Crippen LogP contribution >= 0.6 is 0 Å². The minimum atomic E-state index is -0.0411. The Kier molecular flexibility index (Phi) is 4.91. The number of hydrogen-bond donors (Lipinski definition) is 2. The summed E-state index contributed by atoms with van der Waals surface area (Å²) in [5.41, 5.74) is 8.18. The van der Waals surface area contributed by atoms with Gasteiger partial charge in [-0.2, -0.15) is 0 Å². The maximum Gasteiger partial charge on any atom is 0.164 e. The number of hydrogen-bond acceptors (Lipinski definition) is 3. The lowest BCUT2D eigenvalue weighted by molar-refractivity contribution is -0.118. The first-order valence-electron chi connectivity index (χ1n) is 5.82. The molecule has 0 aliphatic rings. The summed E-state index contributed by atoms with van der Waals surface area (Å²) in [4.78, 5) is 12.1. The summed E-state index contributed by atoms with van der Waals surface area (Å²) in [6.07, 6.45) is 0. The molecule has 1 rings (SSSR count). The molecule has 0 saturated heterocycles. The molecule has 0 aromatic heterocycles. The molecule has 1 aromatic rings. The normalized spacial score (nSPS) is 12.3. The molecular formula is C14H20N2O. The fraction of sp³-hybridized carbons (Fsp3) is 0.357. The second kappa shape index (κ2) is 6.21. The minimum Gasteiger partial charge on any atom is -0.387 e. The molecule has 0 aliphatic carbocycles. The van der Waals surface area contributed by atoms with E-state index >= 15 is 0 Å². The van der Waals surface area contributed by atoms with Crippen molar-refractivity contribution >= 4 is 11.5 Å². The molecule has 92 valence electrons. The third kappa shape index (κ3) is 3.17. The smallest absolute Gasteiger partial charge is 0.164 e. The van der Waals surface area contributed by atoms with E-state index in [2.05, 4.69) is 5.32 Å². The van der Waals surface area contributed by atoms with Crippen LogP contribution in [-0.2, 0) is 4.79 Å². The van der Waals surface area contributed by atoms with Crippen LogP contribution in [0.5, 0.6) is 0 Å². The first-order chi connectivity index (χ1) is 8.11. The van der Waals surface area contributed by atoms with E-state index in [9.17, 15) is 4.79 Å². The summed E-state index contributed by atoms with van der Waals surface area (Å²) in [6, 6.07) is 9.77. The molecule has 0 spiro atoms. The average Bonchev–Trinajstić information content (AvgIpc) is 2.35. The van der Waals surface area contributed by atoms with Gasteiger partial charge in [-0.05, 0) is 5.56 Å². The standard InChI is InChI=1S/C14H20N2O/c1-10(2)14(17)12(9-15)13(16-3)11-7-5-4-6-8-11/h4-8,10,16H,9,15H2,1-3H3/b13-12+. The van der Waals surface area contributed by atoms with Crippen LogP contribution < -0.4 is 11.1 Å². The van der Waals surface area contributed by atoms with Crippen molar-refractivity contribution < 1.29 is 4.79 Å². The number of rotatable bonds is 5. The van der Waals surface area contributed by atoms with E-state index in [-0.39, 0.29) is 18.2 Å². The summed E-state index contributed by atoms with van der Waals surface area (Å²) in [6.45, 7) is 4.02. The van der Waals surface area contributed by atoms with Gasteiger partial charge in [-0.1, -0.05) is 44.2 Å². The van der Waals surface area contributed by atoms with Gasteiger partial charge in [0.05, 0.1) is 0 Å². The zero-order valence-corrected chi connectivity index (χ0v) is 10.7. The van der Waals surface area contributed by atoms with E-state index in [1.807, 2.05) is 51.2 Å². The fourth-order valence-corrected chi connectivity index (χ4v) is 1.75. The predicted molar refractivity (Wildman–Crippen MR) is 71.3 cm³/mol. The van der Waals surface area contributed by atoms with Crippen molar-refractivity contribution in [3.8, 4) is 0 Å². The molecule has 0 amide bonds. The second-order valence-electron chi connectivity index (χ2n) is 4.19. The molecule has 0 bridgehead atoms. The zero-order chi connectivity index (χ0) is 12.8. The topological polar surface area (TPSA) is 55.1 Å². The van der Waals surface area contributed by atoms with Crippen molar-refractivity contribution in [2.24, 2.45) is 11.7 Å². The molecule has 3 N–H and O–H groups in total. The Morgan fingerprint density at radius 2 is 1.88 bits per heavy atom. The lowest BCUT2D eigenvalue weighted by atomic mass is 9.96. The van der Waals surface area contributed by atoms with Crippen molar-refractivity contribution in [2.75, 3.05) is 13.6 Å². The first-order valence-corrected chi connectivity index (χ1v) is 5.82. The van der Waals surface area contributed by atoms with Crippen LogP contribution in [0.1, 0.15) is 19.4 Å². The van der Waals surface area contributed by atoms with Crippen LogP contribution in [0, 0.1) is 5.92 Å². The number of carbonyl (C=O) groups excluding carboxylic acids is 1. The lowest BCUT2D eigenvalue weighted by Gasteiger charge is -2.15. The lowest BCUT2D eigenvalue weighted by Crippen LogP contribution is -2.23. The summed E-state index contributed by atoms with van der Waals surface area (Å²) in [5.74, 6) is 0.0568. The highest BCUT2D eigenvalue weighted by Gasteiger charge is 2.17. The van der Waals surface area contributed by atoms with Crippen molar-refractivity contribution in [3.05, 3.63) is 41.5 Å². The Hall–Kier alpha value is -1.61. The van der Waals surface area contributed by atoms with Gasteiger partial charge < -0.3 is 11.1 Å². The molecule has 0 saturated carbocycles. The van der Waals surface area contributed by atoms with E-state index in [1.165, 1.54) is 0 Å². The molecule has 3 nitrogen and oxygen atoms in total. The third-order valence-electron chi connectivity index (χ3n) is 2.64. The Morgan fingerprint density at radius 3 is 2.29 bits per heavy atom. The van der Waals surface area contributed by atoms with Gasteiger partial charge in [0.2, 0.25) is 0 Å².